The summed E-state index contributed by atoms with van der Waals surface area (Å²) in [7, 11) is 0. The van der Waals surface area contributed by atoms with Gasteiger partial charge in [0.1, 0.15) is 5.75 Å². The largest absolute Gasteiger partial charge is 0.507 e. The van der Waals surface area contributed by atoms with Gasteiger partial charge in [-0.1, -0.05) is 29.8 Å². The van der Waals surface area contributed by atoms with Crippen LogP contribution in [0.4, 0.5) is 4.79 Å². The molecule has 3 N–H and O–H groups in total. The number of carbonyl (C=O) groups is 2. The highest BCUT2D eigenvalue weighted by Gasteiger charge is 2.17. The third-order valence-electron chi connectivity index (χ3n) is 3.07. The minimum absolute atomic E-state index is 0.0931. The third kappa shape index (κ3) is 6.90. The molecule has 0 saturated heterocycles. The molecule has 7 heteroatoms. The van der Waals surface area contributed by atoms with Crippen molar-refractivity contribution in [1.29, 1.82) is 0 Å². The number of hydrogen-bond donors (Lipinski definition) is 3. The Morgan fingerprint density at radius 1 is 1.35 bits per heavy atom. The van der Waals surface area contributed by atoms with Crippen molar-refractivity contribution >= 4 is 27.9 Å². The van der Waals surface area contributed by atoms with E-state index < -0.39 is 12.0 Å². The van der Waals surface area contributed by atoms with E-state index in [4.69, 9.17) is 4.74 Å². The molecule has 1 rings (SSSR count). The van der Waals surface area contributed by atoms with Crippen molar-refractivity contribution in [3.05, 3.63) is 28.2 Å². The molecule has 0 saturated carbocycles. The second-order valence-corrected chi connectivity index (χ2v) is 6.48. The van der Waals surface area contributed by atoms with Crippen molar-refractivity contribution in [2.24, 2.45) is 5.92 Å². The number of amides is 2. The van der Waals surface area contributed by atoms with Gasteiger partial charge >= 0.3 is 6.09 Å². The van der Waals surface area contributed by atoms with Gasteiger partial charge in [0, 0.05) is 17.1 Å². The molecule has 1 atom stereocenters. The van der Waals surface area contributed by atoms with E-state index in [2.05, 4.69) is 26.6 Å². The van der Waals surface area contributed by atoms with E-state index in [0.717, 1.165) is 0 Å². The molecule has 0 spiro atoms. The Labute approximate surface area is 144 Å². The van der Waals surface area contributed by atoms with E-state index in [9.17, 15) is 14.7 Å². The Hall–Kier alpha value is -1.76. The third-order valence-corrected chi connectivity index (χ3v) is 3.56. The maximum Gasteiger partial charge on any atom is 0.407 e. The first kappa shape index (κ1) is 19.3. The van der Waals surface area contributed by atoms with Crippen LogP contribution in [0.25, 0.3) is 0 Å². The minimum atomic E-state index is -0.502. The summed E-state index contributed by atoms with van der Waals surface area (Å²) in [4.78, 5) is 23.7. The number of alkyl carbamates (subject to hydrolysis) is 1. The second kappa shape index (κ2) is 9.39. The van der Waals surface area contributed by atoms with Crippen molar-refractivity contribution in [1.82, 2.24) is 10.6 Å². The standard InChI is InChI=1S/C16H23BrN2O4/c1-4-23-16(22)19-12(7-10(2)3)9-18-15(21)13-8-11(17)5-6-14(13)20/h5-6,8,10,12,20H,4,7,9H2,1-3H3,(H,18,21)(H,19,22). The van der Waals surface area contributed by atoms with Crippen LogP contribution in [0.2, 0.25) is 0 Å². The van der Waals surface area contributed by atoms with Gasteiger partial charge in [-0.15, -0.1) is 0 Å². The highest BCUT2D eigenvalue weighted by Crippen LogP contribution is 2.21. The van der Waals surface area contributed by atoms with Gasteiger partial charge < -0.3 is 20.5 Å². The number of nitrogens with one attached hydrogen (secondary N) is 2. The lowest BCUT2D eigenvalue weighted by Gasteiger charge is -2.21. The Morgan fingerprint density at radius 3 is 2.65 bits per heavy atom. The Balaban J connectivity index is 2.67. The fourth-order valence-corrected chi connectivity index (χ4v) is 2.46. The van der Waals surface area contributed by atoms with Crippen LogP contribution in [0.15, 0.2) is 22.7 Å². The van der Waals surface area contributed by atoms with E-state index in [1.807, 2.05) is 13.8 Å². The van der Waals surface area contributed by atoms with E-state index >= 15 is 0 Å². The molecule has 1 aromatic carbocycles. The van der Waals surface area contributed by atoms with Gasteiger partial charge in [-0.2, -0.15) is 0 Å². The summed E-state index contributed by atoms with van der Waals surface area (Å²) in [6, 6.07) is 4.39. The van der Waals surface area contributed by atoms with Gasteiger partial charge in [0.25, 0.3) is 5.91 Å². The maximum atomic E-state index is 12.2. The van der Waals surface area contributed by atoms with Crippen LogP contribution >= 0.6 is 15.9 Å². The van der Waals surface area contributed by atoms with Crippen molar-refractivity contribution in [3.8, 4) is 5.75 Å². The van der Waals surface area contributed by atoms with Gasteiger partial charge in [0.15, 0.2) is 0 Å². The van der Waals surface area contributed by atoms with E-state index in [-0.39, 0.29) is 23.9 Å². The number of benzene rings is 1. The summed E-state index contributed by atoms with van der Waals surface area (Å²) in [6.45, 7) is 6.33. The van der Waals surface area contributed by atoms with Crippen molar-refractivity contribution in [2.75, 3.05) is 13.2 Å². The lowest BCUT2D eigenvalue weighted by atomic mass is 10.0. The van der Waals surface area contributed by atoms with Crippen LogP contribution in [0.5, 0.6) is 5.75 Å². The molecule has 0 aliphatic heterocycles. The molecular formula is C16H23BrN2O4. The highest BCUT2D eigenvalue weighted by molar-refractivity contribution is 9.10. The summed E-state index contributed by atoms with van der Waals surface area (Å²) >= 11 is 3.26. The lowest BCUT2D eigenvalue weighted by molar-refractivity contribution is 0.0941. The number of aromatic hydroxyl groups is 1. The smallest absolute Gasteiger partial charge is 0.407 e. The zero-order valence-electron chi connectivity index (χ0n) is 13.6. The molecule has 23 heavy (non-hydrogen) atoms. The molecule has 0 aliphatic carbocycles. The maximum absolute atomic E-state index is 12.2. The van der Waals surface area contributed by atoms with Gasteiger partial charge in [-0.3, -0.25) is 4.79 Å². The number of ether oxygens (including phenoxy) is 1. The van der Waals surface area contributed by atoms with Gasteiger partial charge in [-0.25, -0.2) is 4.79 Å². The molecule has 128 valence electrons. The summed E-state index contributed by atoms with van der Waals surface area (Å²) < 4.78 is 5.57. The van der Waals surface area contributed by atoms with Crippen molar-refractivity contribution in [2.45, 2.75) is 33.2 Å². The van der Waals surface area contributed by atoms with Crippen LogP contribution in [0.3, 0.4) is 0 Å². The lowest BCUT2D eigenvalue weighted by Crippen LogP contribution is -2.44. The van der Waals surface area contributed by atoms with Crippen molar-refractivity contribution < 1.29 is 19.4 Å². The quantitative estimate of drug-likeness (QED) is 0.671. The summed E-state index contributed by atoms with van der Waals surface area (Å²) in [5.41, 5.74) is 0.179. The Kier molecular flexibility index (Phi) is 7.88. The molecule has 1 unspecified atom stereocenters. The Morgan fingerprint density at radius 2 is 2.04 bits per heavy atom. The van der Waals surface area contributed by atoms with Crippen LogP contribution in [0, 0.1) is 5.92 Å². The van der Waals surface area contributed by atoms with Crippen LogP contribution in [-0.4, -0.2) is 36.3 Å². The molecule has 0 bridgehead atoms. The number of halogens is 1. The fraction of sp³-hybridized carbons (Fsp3) is 0.500. The number of carbonyl (C=O) groups excluding carboxylic acids is 2. The fourth-order valence-electron chi connectivity index (χ4n) is 2.10. The van der Waals surface area contributed by atoms with Gasteiger partial charge in [0.05, 0.1) is 12.2 Å². The monoisotopic (exact) mass is 386 g/mol. The molecule has 0 aliphatic rings. The predicted molar refractivity (Wildman–Crippen MR) is 91.5 cm³/mol. The molecular weight excluding hydrogens is 364 g/mol. The number of hydrogen-bond acceptors (Lipinski definition) is 4. The van der Waals surface area contributed by atoms with E-state index in [0.29, 0.717) is 23.4 Å². The molecule has 0 heterocycles. The molecule has 0 radical (unpaired) electrons. The average Bonchev–Trinajstić information content (AvgIpc) is 2.46. The van der Waals surface area contributed by atoms with Crippen LogP contribution < -0.4 is 10.6 Å². The topological polar surface area (TPSA) is 87.7 Å². The average molecular weight is 387 g/mol. The first-order valence-electron chi connectivity index (χ1n) is 7.53. The number of phenolic OH excluding ortho intramolecular Hbond substituents is 1. The highest BCUT2D eigenvalue weighted by atomic mass is 79.9. The second-order valence-electron chi connectivity index (χ2n) is 5.56. The molecule has 0 fully saturated rings. The van der Waals surface area contributed by atoms with Gasteiger partial charge in [0.2, 0.25) is 0 Å². The summed E-state index contributed by atoms with van der Waals surface area (Å²) in [6.07, 6.45) is 0.196. The molecule has 1 aromatic rings. The minimum Gasteiger partial charge on any atom is -0.507 e. The SMILES string of the molecule is CCOC(=O)NC(CNC(=O)c1cc(Br)ccc1O)CC(C)C. The van der Waals surface area contributed by atoms with E-state index in [1.165, 1.54) is 6.07 Å². The van der Waals surface area contributed by atoms with Gasteiger partial charge in [-0.05, 0) is 37.5 Å². The number of rotatable bonds is 7. The summed E-state index contributed by atoms with van der Waals surface area (Å²) in [5.74, 6) is -0.147. The normalized spacial score (nSPS) is 11.9. The summed E-state index contributed by atoms with van der Waals surface area (Å²) in [5, 5.41) is 15.2. The molecule has 6 nitrogen and oxygen atoms in total. The molecule has 2 amide bonds. The van der Waals surface area contributed by atoms with Crippen molar-refractivity contribution in [3.63, 3.8) is 0 Å². The molecule has 0 aromatic heterocycles. The van der Waals surface area contributed by atoms with Crippen LogP contribution in [-0.2, 0) is 4.74 Å². The Bertz CT molecular complexity index is 549. The zero-order valence-corrected chi connectivity index (χ0v) is 15.1. The first-order chi connectivity index (χ1) is 10.8. The number of phenols is 1. The van der Waals surface area contributed by atoms with Crippen LogP contribution in [0.1, 0.15) is 37.6 Å². The van der Waals surface area contributed by atoms with E-state index in [1.54, 1.807) is 19.1 Å². The first-order valence-corrected chi connectivity index (χ1v) is 8.32. The zero-order chi connectivity index (χ0) is 17.4. The predicted octanol–water partition coefficient (Wildman–Crippen LogP) is 3.05.